The number of aryl methyl sites for hydroxylation is 1. The molecule has 2 heterocycles. The lowest BCUT2D eigenvalue weighted by Crippen LogP contribution is -2.00. The molecule has 0 aliphatic carbocycles. The van der Waals surface area contributed by atoms with Crippen molar-refractivity contribution >= 4 is 5.97 Å². The van der Waals surface area contributed by atoms with Crippen LogP contribution in [0.2, 0.25) is 0 Å². The number of methoxy groups -OCH3 is 1. The lowest BCUT2D eigenvalue weighted by molar-refractivity contribution is 0.0656. The molecule has 0 unspecified atom stereocenters. The highest BCUT2D eigenvalue weighted by Gasteiger charge is 2.22. The number of carboxylic acid groups (broad SMARTS) is 1. The molecule has 96 valence electrons. The zero-order chi connectivity index (χ0) is 13.3. The first kappa shape index (κ1) is 12.3. The third kappa shape index (κ3) is 2.00. The number of aromatic nitrogens is 3. The molecule has 0 amide bonds. The molecule has 2 aromatic rings. The van der Waals surface area contributed by atoms with Gasteiger partial charge in [0, 0.05) is 19.9 Å². The number of ether oxygens (including phenoxy) is 1. The molecule has 0 aliphatic heterocycles. The second-order valence-electron chi connectivity index (χ2n) is 3.80. The number of hydrogen-bond donors (Lipinski definition) is 1. The molecule has 0 fully saturated rings. The molecular weight excluding hydrogens is 238 g/mol. The normalized spacial score (nSPS) is 10.8. The summed E-state index contributed by atoms with van der Waals surface area (Å²) >= 11 is 0. The molecule has 0 spiro atoms. The highest BCUT2D eigenvalue weighted by atomic mass is 16.5. The Bertz CT molecular complexity index is 585. The Morgan fingerprint density at radius 1 is 1.61 bits per heavy atom. The maximum atomic E-state index is 11.0. The summed E-state index contributed by atoms with van der Waals surface area (Å²) in [5.41, 5.74) is 1.78. The maximum absolute atomic E-state index is 11.0. The fourth-order valence-corrected chi connectivity index (χ4v) is 1.58. The van der Waals surface area contributed by atoms with Crippen LogP contribution in [0.25, 0.3) is 11.5 Å². The summed E-state index contributed by atoms with van der Waals surface area (Å²) < 4.78 is 11.8. The van der Waals surface area contributed by atoms with Crippen LogP contribution >= 0.6 is 0 Å². The van der Waals surface area contributed by atoms with Gasteiger partial charge in [0.25, 0.3) is 0 Å². The first-order chi connectivity index (χ1) is 8.54. The van der Waals surface area contributed by atoms with Gasteiger partial charge in [0.1, 0.15) is 5.69 Å². The lowest BCUT2D eigenvalue weighted by Gasteiger charge is -1.94. The van der Waals surface area contributed by atoms with Crippen molar-refractivity contribution in [2.24, 2.45) is 7.05 Å². The summed E-state index contributed by atoms with van der Waals surface area (Å²) in [5.74, 6) is -1.12. The standard InChI is InChI=1S/C11H13N3O4/c1-6-7(4-12-14(6)2)10-13-8(5-17-3)9(18-10)11(15)16/h4H,5H2,1-3H3,(H,15,16). The van der Waals surface area contributed by atoms with Gasteiger partial charge in [-0.15, -0.1) is 0 Å². The van der Waals surface area contributed by atoms with Gasteiger partial charge in [-0.3, -0.25) is 4.68 Å². The molecule has 0 saturated heterocycles. The van der Waals surface area contributed by atoms with Gasteiger partial charge in [0.2, 0.25) is 11.7 Å². The van der Waals surface area contributed by atoms with Gasteiger partial charge in [0.05, 0.1) is 18.4 Å². The number of nitrogens with zero attached hydrogens (tertiary/aromatic N) is 3. The van der Waals surface area contributed by atoms with Crippen molar-refractivity contribution < 1.29 is 19.1 Å². The van der Waals surface area contributed by atoms with E-state index in [-0.39, 0.29) is 24.0 Å². The van der Waals surface area contributed by atoms with Crippen molar-refractivity contribution in [3.05, 3.63) is 23.3 Å². The molecule has 0 atom stereocenters. The average molecular weight is 251 g/mol. The van der Waals surface area contributed by atoms with Gasteiger partial charge in [-0.25, -0.2) is 9.78 Å². The van der Waals surface area contributed by atoms with Crippen molar-refractivity contribution in [3.63, 3.8) is 0 Å². The van der Waals surface area contributed by atoms with Gasteiger partial charge in [-0.05, 0) is 6.92 Å². The van der Waals surface area contributed by atoms with E-state index in [0.29, 0.717) is 5.56 Å². The number of hydrogen-bond acceptors (Lipinski definition) is 5. The minimum atomic E-state index is -1.16. The molecule has 0 aromatic carbocycles. The van der Waals surface area contributed by atoms with E-state index in [9.17, 15) is 4.79 Å². The van der Waals surface area contributed by atoms with Crippen LogP contribution in [0, 0.1) is 6.92 Å². The van der Waals surface area contributed by atoms with Crippen LogP contribution in [0.3, 0.4) is 0 Å². The number of rotatable bonds is 4. The maximum Gasteiger partial charge on any atom is 0.373 e. The fraction of sp³-hybridized carbons (Fsp3) is 0.364. The second kappa shape index (κ2) is 4.61. The number of aromatic carboxylic acids is 1. The van der Waals surface area contributed by atoms with Crippen LogP contribution in [0.15, 0.2) is 10.6 Å². The third-order valence-corrected chi connectivity index (χ3v) is 2.64. The van der Waals surface area contributed by atoms with Gasteiger partial charge < -0.3 is 14.3 Å². The van der Waals surface area contributed by atoms with E-state index in [1.165, 1.54) is 7.11 Å². The van der Waals surface area contributed by atoms with Gasteiger partial charge >= 0.3 is 5.97 Å². The van der Waals surface area contributed by atoms with Gasteiger partial charge in [-0.2, -0.15) is 5.10 Å². The van der Waals surface area contributed by atoms with E-state index < -0.39 is 5.97 Å². The van der Waals surface area contributed by atoms with E-state index >= 15 is 0 Å². The number of carbonyl (C=O) groups is 1. The van der Waals surface area contributed by atoms with Crippen LogP contribution in [0.1, 0.15) is 21.9 Å². The summed E-state index contributed by atoms with van der Waals surface area (Å²) in [6.45, 7) is 1.94. The summed E-state index contributed by atoms with van der Waals surface area (Å²) in [5, 5.41) is 13.1. The SMILES string of the molecule is COCc1nc(-c2cnn(C)c2C)oc1C(=O)O. The van der Waals surface area contributed by atoms with Crippen molar-refractivity contribution in [1.29, 1.82) is 0 Å². The monoisotopic (exact) mass is 251 g/mol. The zero-order valence-corrected chi connectivity index (χ0v) is 10.3. The average Bonchev–Trinajstić information content (AvgIpc) is 2.86. The molecule has 0 radical (unpaired) electrons. The zero-order valence-electron chi connectivity index (χ0n) is 10.3. The van der Waals surface area contributed by atoms with E-state index in [0.717, 1.165) is 5.69 Å². The van der Waals surface area contributed by atoms with Crippen LogP contribution in [-0.4, -0.2) is 33.0 Å². The third-order valence-electron chi connectivity index (χ3n) is 2.64. The lowest BCUT2D eigenvalue weighted by atomic mass is 10.2. The van der Waals surface area contributed by atoms with Crippen LogP contribution in [0.5, 0.6) is 0 Å². The quantitative estimate of drug-likeness (QED) is 0.878. The van der Waals surface area contributed by atoms with Crippen molar-refractivity contribution in [1.82, 2.24) is 14.8 Å². The Morgan fingerprint density at radius 2 is 2.33 bits per heavy atom. The Balaban J connectivity index is 2.49. The van der Waals surface area contributed by atoms with E-state index in [2.05, 4.69) is 10.1 Å². The molecule has 1 N–H and O–H groups in total. The van der Waals surface area contributed by atoms with Crippen LogP contribution < -0.4 is 0 Å². The molecule has 7 nitrogen and oxygen atoms in total. The summed E-state index contributed by atoms with van der Waals surface area (Å²) in [6, 6.07) is 0. The molecule has 0 aliphatic rings. The highest BCUT2D eigenvalue weighted by molar-refractivity contribution is 5.86. The smallest absolute Gasteiger partial charge is 0.373 e. The van der Waals surface area contributed by atoms with Crippen molar-refractivity contribution in [2.75, 3.05) is 7.11 Å². The Kier molecular flexibility index (Phi) is 3.15. The minimum Gasteiger partial charge on any atom is -0.475 e. The topological polar surface area (TPSA) is 90.4 Å². The molecule has 0 bridgehead atoms. The second-order valence-corrected chi connectivity index (χ2v) is 3.80. The van der Waals surface area contributed by atoms with Crippen LogP contribution in [0.4, 0.5) is 0 Å². The number of carboxylic acids is 1. The first-order valence-electron chi connectivity index (χ1n) is 5.25. The van der Waals surface area contributed by atoms with Crippen molar-refractivity contribution in [3.8, 4) is 11.5 Å². The van der Waals surface area contributed by atoms with E-state index in [4.69, 9.17) is 14.3 Å². The summed E-state index contributed by atoms with van der Waals surface area (Å²) in [4.78, 5) is 15.2. The Labute approximate surface area is 103 Å². The Hall–Kier alpha value is -2.15. The van der Waals surface area contributed by atoms with Crippen LogP contribution in [-0.2, 0) is 18.4 Å². The summed E-state index contributed by atoms with van der Waals surface area (Å²) in [6.07, 6.45) is 1.59. The largest absolute Gasteiger partial charge is 0.475 e. The molecule has 18 heavy (non-hydrogen) atoms. The number of oxazole rings is 1. The summed E-state index contributed by atoms with van der Waals surface area (Å²) in [7, 11) is 3.26. The van der Waals surface area contributed by atoms with Gasteiger partial charge in [0.15, 0.2) is 0 Å². The molecular formula is C11H13N3O4. The molecule has 2 rings (SSSR count). The molecule has 0 saturated carbocycles. The predicted octanol–water partition coefficient (Wildman–Crippen LogP) is 1.23. The van der Waals surface area contributed by atoms with Crippen molar-refractivity contribution in [2.45, 2.75) is 13.5 Å². The van der Waals surface area contributed by atoms with E-state index in [1.54, 1.807) is 17.9 Å². The molecule has 7 heteroatoms. The highest BCUT2D eigenvalue weighted by Crippen LogP contribution is 2.25. The van der Waals surface area contributed by atoms with E-state index in [1.807, 2.05) is 6.92 Å². The fourth-order valence-electron chi connectivity index (χ4n) is 1.58. The first-order valence-corrected chi connectivity index (χ1v) is 5.25. The minimum absolute atomic E-state index is 0.0877. The van der Waals surface area contributed by atoms with Gasteiger partial charge in [-0.1, -0.05) is 0 Å². The molecule has 2 aromatic heterocycles. The Morgan fingerprint density at radius 3 is 2.83 bits per heavy atom. The predicted molar refractivity (Wildman–Crippen MR) is 61.1 cm³/mol.